The number of benzene rings is 6. The molecule has 0 saturated carbocycles. The summed E-state index contributed by atoms with van der Waals surface area (Å²) in [6.07, 6.45) is 0. The van der Waals surface area contributed by atoms with Crippen molar-refractivity contribution in [3.63, 3.8) is 0 Å². The van der Waals surface area contributed by atoms with Gasteiger partial charge in [-0.05, 0) is 0 Å². The van der Waals surface area contributed by atoms with Gasteiger partial charge in [-0.25, -0.2) is 0 Å². The van der Waals surface area contributed by atoms with Gasteiger partial charge in [0.05, 0.1) is 0 Å². The standard InChI is InChI=1S/2C19H16O.3ClH.Ta/c2*1-14-12-17(15-8-4-2-5-9-15)19(20)18(13-14)16-10-6-3-7-11-16;;;;/h2*2-13,20H,1H3;3*1H;/q;;;;;+5/p-5. The second-order valence-corrected chi connectivity index (χ2v) is 36.2. The molecule has 0 unspecified atom stereocenters. The van der Waals surface area contributed by atoms with Crippen molar-refractivity contribution in [1.29, 1.82) is 0 Å². The molecule has 0 fully saturated rings. The number of hydrogen-bond acceptors (Lipinski definition) is 2. The summed E-state index contributed by atoms with van der Waals surface area (Å²) in [6, 6.07) is 48.2. The van der Waals surface area contributed by atoms with E-state index < -0.39 is 13.4 Å². The van der Waals surface area contributed by atoms with E-state index in [4.69, 9.17) is 34.1 Å². The molecule has 0 atom stereocenters. The molecule has 2 nitrogen and oxygen atoms in total. The van der Waals surface area contributed by atoms with E-state index in [1.54, 1.807) is 0 Å². The van der Waals surface area contributed by atoms with Gasteiger partial charge in [-0.3, -0.25) is 0 Å². The van der Waals surface area contributed by atoms with Gasteiger partial charge in [0.2, 0.25) is 0 Å². The zero-order valence-electron chi connectivity index (χ0n) is 24.3. The van der Waals surface area contributed by atoms with Gasteiger partial charge in [-0.1, -0.05) is 0 Å². The van der Waals surface area contributed by atoms with Crippen LogP contribution < -0.4 is 6.49 Å². The number of rotatable bonds is 8. The SMILES string of the molecule is Cc1cc(-c2ccccc2)c([O][Ta]([Cl])([Cl])([Cl])[O]c2c(-c3ccccc3)cc(C)cc2-c2ccccc2)c(-c2ccccc2)c1. The van der Waals surface area contributed by atoms with Crippen molar-refractivity contribution in [2.45, 2.75) is 13.8 Å². The summed E-state index contributed by atoms with van der Waals surface area (Å²) in [4.78, 5) is 0. The van der Waals surface area contributed by atoms with E-state index in [1.165, 1.54) is 0 Å². The molecule has 0 heterocycles. The van der Waals surface area contributed by atoms with Gasteiger partial charge in [0.25, 0.3) is 0 Å². The molecule has 44 heavy (non-hydrogen) atoms. The minimum absolute atomic E-state index is 0.482. The van der Waals surface area contributed by atoms with E-state index in [9.17, 15) is 0 Å². The van der Waals surface area contributed by atoms with Crippen molar-refractivity contribution in [1.82, 2.24) is 0 Å². The molecular formula is C38H30Cl3O2Ta. The molecule has 0 aliphatic carbocycles. The Balaban J connectivity index is 1.55. The Kier molecular flexibility index (Phi) is 8.68. The molecule has 0 saturated heterocycles. The molecule has 0 N–H and O–H groups in total. The third-order valence-corrected chi connectivity index (χ3v) is 14.0. The second-order valence-electron chi connectivity index (χ2n) is 10.7. The molecule has 220 valence electrons. The molecule has 6 rings (SSSR count). The zero-order valence-corrected chi connectivity index (χ0v) is 29.7. The van der Waals surface area contributed by atoms with Crippen molar-refractivity contribution >= 4 is 27.6 Å². The van der Waals surface area contributed by atoms with E-state index >= 15 is 0 Å². The van der Waals surface area contributed by atoms with Crippen LogP contribution in [0, 0.1) is 13.8 Å². The van der Waals surface area contributed by atoms with E-state index in [-0.39, 0.29) is 0 Å². The van der Waals surface area contributed by atoms with Crippen LogP contribution in [0.15, 0.2) is 146 Å². The molecule has 0 bridgehead atoms. The molecule has 0 aliphatic heterocycles. The molecule has 6 heteroatoms. The average molecular weight is 806 g/mol. The molecular weight excluding hydrogens is 776 g/mol. The monoisotopic (exact) mass is 804 g/mol. The Labute approximate surface area is 272 Å². The Bertz CT molecular complexity index is 1650. The fourth-order valence-corrected chi connectivity index (χ4v) is 12.3. The quantitative estimate of drug-likeness (QED) is 0.153. The van der Waals surface area contributed by atoms with Crippen molar-refractivity contribution in [3.8, 4) is 56.0 Å². The van der Waals surface area contributed by atoms with Crippen LogP contribution in [0.25, 0.3) is 44.5 Å². The van der Waals surface area contributed by atoms with Gasteiger partial charge in [-0.2, -0.15) is 0 Å². The van der Waals surface area contributed by atoms with Crippen LogP contribution in [0.5, 0.6) is 11.5 Å². The van der Waals surface area contributed by atoms with Crippen LogP contribution in [-0.2, 0) is 13.4 Å². The van der Waals surface area contributed by atoms with Crippen molar-refractivity contribution in [2.24, 2.45) is 0 Å². The van der Waals surface area contributed by atoms with E-state index in [0.717, 1.165) is 55.6 Å². The Morgan fingerprint density at radius 2 is 0.614 bits per heavy atom. The Morgan fingerprint density at radius 1 is 0.386 bits per heavy atom. The summed E-state index contributed by atoms with van der Waals surface area (Å²) in [6.45, 7) is 4.11. The minimum atomic E-state index is -6.16. The van der Waals surface area contributed by atoms with Crippen LogP contribution in [0.4, 0.5) is 0 Å². The summed E-state index contributed by atoms with van der Waals surface area (Å²) in [7, 11) is 21.8. The predicted octanol–water partition coefficient (Wildman–Crippen LogP) is 12.4. The molecule has 0 amide bonds. The summed E-state index contributed by atoms with van der Waals surface area (Å²) >= 11 is -6.16. The van der Waals surface area contributed by atoms with Crippen LogP contribution >= 0.6 is 27.6 Å². The number of halogens is 3. The van der Waals surface area contributed by atoms with Gasteiger partial charge in [-0.15, -0.1) is 0 Å². The van der Waals surface area contributed by atoms with Gasteiger partial charge < -0.3 is 0 Å². The third-order valence-electron chi connectivity index (χ3n) is 7.27. The van der Waals surface area contributed by atoms with Gasteiger partial charge in [0, 0.05) is 0 Å². The van der Waals surface area contributed by atoms with Crippen molar-refractivity contribution in [2.75, 3.05) is 0 Å². The first-order valence-electron chi connectivity index (χ1n) is 14.2. The van der Waals surface area contributed by atoms with Crippen LogP contribution in [0.2, 0.25) is 0 Å². The van der Waals surface area contributed by atoms with E-state index in [1.807, 2.05) is 121 Å². The fourth-order valence-electron chi connectivity index (χ4n) is 5.37. The Hall–Kier alpha value is -3.47. The molecule has 0 radical (unpaired) electrons. The van der Waals surface area contributed by atoms with Crippen molar-refractivity contribution < 1.29 is 19.9 Å². The first kappa shape index (κ1) is 30.6. The summed E-state index contributed by atoms with van der Waals surface area (Å²) in [5, 5.41) is 0. The topological polar surface area (TPSA) is 18.5 Å². The van der Waals surface area contributed by atoms with Gasteiger partial charge in [0.1, 0.15) is 0 Å². The van der Waals surface area contributed by atoms with Crippen LogP contribution in [0.1, 0.15) is 11.1 Å². The summed E-state index contributed by atoms with van der Waals surface area (Å²) in [5.74, 6) is 0.964. The maximum absolute atomic E-state index is 7.28. The van der Waals surface area contributed by atoms with Crippen molar-refractivity contribution in [3.05, 3.63) is 157 Å². The normalized spacial score (nSPS) is 12.2. The predicted molar refractivity (Wildman–Crippen MR) is 183 cm³/mol. The fraction of sp³-hybridized carbons (Fsp3) is 0.0526. The molecule has 0 aliphatic rings. The first-order valence-corrected chi connectivity index (χ1v) is 28.8. The number of aryl methyl sites for hydroxylation is 2. The molecule has 6 aromatic carbocycles. The average Bonchev–Trinajstić information content (AvgIpc) is 3.03. The molecule has 0 aromatic heterocycles. The van der Waals surface area contributed by atoms with E-state index in [2.05, 4.69) is 38.1 Å². The van der Waals surface area contributed by atoms with Crippen LogP contribution in [0.3, 0.4) is 0 Å². The second kappa shape index (κ2) is 12.5. The summed E-state index contributed by atoms with van der Waals surface area (Å²) in [5.41, 5.74) is 9.21. The zero-order chi connectivity index (χ0) is 30.8. The van der Waals surface area contributed by atoms with E-state index in [0.29, 0.717) is 11.5 Å². The van der Waals surface area contributed by atoms with Gasteiger partial charge in [0.15, 0.2) is 0 Å². The summed E-state index contributed by atoms with van der Waals surface area (Å²) < 4.78 is 13.4. The first-order chi connectivity index (χ1) is 21.1. The molecule has 6 aromatic rings. The van der Waals surface area contributed by atoms with Gasteiger partial charge >= 0.3 is 274 Å². The maximum atomic E-state index is 7.28. The van der Waals surface area contributed by atoms with Crippen LogP contribution in [-0.4, -0.2) is 0 Å². The number of hydrogen-bond donors (Lipinski definition) is 0. The Morgan fingerprint density at radius 3 is 0.841 bits per heavy atom. The molecule has 0 spiro atoms. The third kappa shape index (κ3) is 6.92.